The molecule has 0 radical (unpaired) electrons. The van der Waals surface area contributed by atoms with E-state index in [9.17, 15) is 0 Å². The van der Waals surface area contributed by atoms with Crippen LogP contribution in [0.1, 0.15) is 70.6 Å². The average molecular weight is 300 g/mol. The first-order chi connectivity index (χ1) is 9.81. The van der Waals surface area contributed by atoms with Crippen molar-refractivity contribution in [1.82, 2.24) is 4.90 Å². The van der Waals surface area contributed by atoms with Crippen LogP contribution in [-0.4, -0.2) is 41.6 Å². The number of nitrogens with zero attached hydrogens (tertiary/aromatic N) is 1. The number of hydrogen-bond acceptors (Lipinski definition) is 2. The zero-order valence-electron chi connectivity index (χ0n) is 12.8. The molecule has 1 heterocycles. The van der Waals surface area contributed by atoms with Gasteiger partial charge in [-0.3, -0.25) is 4.90 Å². The van der Waals surface area contributed by atoms with Gasteiger partial charge in [-0.25, -0.2) is 0 Å². The Morgan fingerprint density at radius 2 is 1.80 bits per heavy atom. The van der Waals surface area contributed by atoms with Crippen molar-refractivity contribution in [3.05, 3.63) is 0 Å². The van der Waals surface area contributed by atoms with Gasteiger partial charge in [0.25, 0.3) is 0 Å². The van der Waals surface area contributed by atoms with E-state index in [1.165, 1.54) is 70.8 Å². The van der Waals surface area contributed by atoms with E-state index < -0.39 is 0 Å². The standard InChI is InChI=1S/C17H30ClNO/c18-12-5-13-19(15-6-4-7-15)14-16-8-11-17(20-16)9-2-1-3-10-17/h15-16H,1-14H2. The summed E-state index contributed by atoms with van der Waals surface area (Å²) in [4.78, 5) is 2.68. The lowest BCUT2D eigenvalue weighted by Gasteiger charge is -2.39. The molecule has 0 aromatic rings. The molecule has 2 saturated carbocycles. The minimum absolute atomic E-state index is 0.278. The molecule has 1 atom stereocenters. The third-order valence-electron chi connectivity index (χ3n) is 5.71. The van der Waals surface area contributed by atoms with Crippen molar-refractivity contribution in [2.45, 2.75) is 88.4 Å². The number of ether oxygens (including phenoxy) is 1. The molecule has 0 N–H and O–H groups in total. The van der Waals surface area contributed by atoms with Crippen molar-refractivity contribution in [3.63, 3.8) is 0 Å². The highest BCUT2D eigenvalue weighted by Gasteiger charge is 2.41. The van der Waals surface area contributed by atoms with E-state index in [1.807, 2.05) is 0 Å². The van der Waals surface area contributed by atoms with Gasteiger partial charge in [0.05, 0.1) is 11.7 Å². The lowest BCUT2D eigenvalue weighted by Crippen LogP contribution is -2.45. The van der Waals surface area contributed by atoms with Crippen molar-refractivity contribution in [2.24, 2.45) is 0 Å². The average Bonchev–Trinajstić information content (AvgIpc) is 2.77. The fourth-order valence-electron chi connectivity index (χ4n) is 4.29. The predicted molar refractivity (Wildman–Crippen MR) is 84.5 cm³/mol. The summed E-state index contributed by atoms with van der Waals surface area (Å²) in [5, 5.41) is 0. The van der Waals surface area contributed by atoms with Crippen LogP contribution in [0.3, 0.4) is 0 Å². The quantitative estimate of drug-likeness (QED) is 0.676. The first-order valence-corrected chi connectivity index (χ1v) is 9.33. The van der Waals surface area contributed by atoms with E-state index in [0.717, 1.165) is 24.9 Å². The topological polar surface area (TPSA) is 12.5 Å². The number of halogens is 1. The third-order valence-corrected chi connectivity index (χ3v) is 5.98. The maximum absolute atomic E-state index is 6.54. The van der Waals surface area contributed by atoms with Crippen LogP contribution in [0.4, 0.5) is 0 Å². The molecule has 0 amide bonds. The van der Waals surface area contributed by atoms with Crippen LogP contribution in [0.15, 0.2) is 0 Å². The maximum atomic E-state index is 6.54. The maximum Gasteiger partial charge on any atom is 0.0710 e. The van der Waals surface area contributed by atoms with Crippen LogP contribution in [0, 0.1) is 0 Å². The van der Waals surface area contributed by atoms with Gasteiger partial charge in [0.1, 0.15) is 0 Å². The predicted octanol–water partition coefficient (Wildman–Crippen LogP) is 4.35. The van der Waals surface area contributed by atoms with Gasteiger partial charge in [0, 0.05) is 18.5 Å². The van der Waals surface area contributed by atoms with Crippen LogP contribution in [-0.2, 0) is 4.74 Å². The molecule has 116 valence electrons. The van der Waals surface area contributed by atoms with Gasteiger partial charge in [-0.1, -0.05) is 25.7 Å². The highest BCUT2D eigenvalue weighted by molar-refractivity contribution is 6.17. The van der Waals surface area contributed by atoms with Gasteiger partial charge in [0.15, 0.2) is 0 Å². The largest absolute Gasteiger partial charge is 0.370 e. The molecule has 0 bridgehead atoms. The Labute approximate surface area is 129 Å². The Morgan fingerprint density at radius 3 is 2.45 bits per heavy atom. The Hall–Kier alpha value is 0.210. The monoisotopic (exact) mass is 299 g/mol. The van der Waals surface area contributed by atoms with Crippen molar-refractivity contribution < 1.29 is 4.74 Å². The summed E-state index contributed by atoms with van der Waals surface area (Å²) in [5.74, 6) is 0.790. The van der Waals surface area contributed by atoms with Crippen molar-refractivity contribution >= 4 is 11.6 Å². The Kier molecular flexibility index (Phi) is 5.28. The SMILES string of the molecule is ClCCCN(CC1CCC2(CCCCC2)O1)C1CCC1. The molecule has 3 heteroatoms. The lowest BCUT2D eigenvalue weighted by molar-refractivity contribution is -0.0774. The molecule has 1 saturated heterocycles. The molecule has 20 heavy (non-hydrogen) atoms. The summed E-state index contributed by atoms with van der Waals surface area (Å²) in [6.07, 6.45) is 15.2. The molecular weight excluding hydrogens is 270 g/mol. The summed E-state index contributed by atoms with van der Waals surface area (Å²) in [6.45, 7) is 2.32. The van der Waals surface area contributed by atoms with Gasteiger partial charge in [0.2, 0.25) is 0 Å². The van der Waals surface area contributed by atoms with Crippen molar-refractivity contribution in [2.75, 3.05) is 19.0 Å². The molecule has 3 aliphatic rings. The molecule has 1 aliphatic heterocycles. The summed E-state index contributed by atoms with van der Waals surface area (Å²) < 4.78 is 6.54. The Morgan fingerprint density at radius 1 is 1.00 bits per heavy atom. The zero-order chi connectivity index (χ0) is 13.8. The summed E-state index contributed by atoms with van der Waals surface area (Å²) in [6, 6.07) is 0.824. The number of alkyl halides is 1. The molecule has 3 rings (SSSR count). The van der Waals surface area contributed by atoms with Crippen molar-refractivity contribution in [3.8, 4) is 0 Å². The van der Waals surface area contributed by atoms with E-state index in [2.05, 4.69) is 4.90 Å². The fourth-order valence-corrected chi connectivity index (χ4v) is 4.41. The lowest BCUT2D eigenvalue weighted by atomic mass is 9.83. The molecular formula is C17H30ClNO. The summed E-state index contributed by atoms with van der Waals surface area (Å²) in [7, 11) is 0. The van der Waals surface area contributed by atoms with Gasteiger partial charge >= 0.3 is 0 Å². The second-order valence-corrected chi connectivity index (χ2v) is 7.52. The van der Waals surface area contributed by atoms with Gasteiger partial charge < -0.3 is 4.74 Å². The Bertz CT molecular complexity index is 299. The van der Waals surface area contributed by atoms with Crippen molar-refractivity contribution in [1.29, 1.82) is 0 Å². The van der Waals surface area contributed by atoms with Crippen LogP contribution in [0.25, 0.3) is 0 Å². The summed E-state index contributed by atoms with van der Waals surface area (Å²) in [5.41, 5.74) is 0.278. The third kappa shape index (κ3) is 3.51. The van der Waals surface area contributed by atoms with Gasteiger partial charge in [-0.15, -0.1) is 11.6 Å². The molecule has 3 fully saturated rings. The molecule has 1 spiro atoms. The first-order valence-electron chi connectivity index (χ1n) is 8.79. The molecule has 2 nitrogen and oxygen atoms in total. The highest BCUT2D eigenvalue weighted by atomic mass is 35.5. The van der Waals surface area contributed by atoms with E-state index in [0.29, 0.717) is 6.10 Å². The van der Waals surface area contributed by atoms with Gasteiger partial charge in [-0.05, 0) is 51.5 Å². The fraction of sp³-hybridized carbons (Fsp3) is 1.00. The second-order valence-electron chi connectivity index (χ2n) is 7.14. The van der Waals surface area contributed by atoms with E-state index in [4.69, 9.17) is 16.3 Å². The molecule has 0 aromatic carbocycles. The molecule has 1 unspecified atom stereocenters. The smallest absolute Gasteiger partial charge is 0.0710 e. The first kappa shape index (κ1) is 15.1. The Balaban J connectivity index is 1.50. The normalized spacial score (nSPS) is 30.0. The van der Waals surface area contributed by atoms with E-state index >= 15 is 0 Å². The minimum Gasteiger partial charge on any atom is -0.370 e. The number of hydrogen-bond donors (Lipinski definition) is 0. The second kappa shape index (κ2) is 6.98. The summed E-state index contributed by atoms with van der Waals surface area (Å²) >= 11 is 5.89. The van der Waals surface area contributed by atoms with Gasteiger partial charge in [-0.2, -0.15) is 0 Å². The number of rotatable bonds is 6. The zero-order valence-corrected chi connectivity index (χ0v) is 13.5. The van der Waals surface area contributed by atoms with Crippen LogP contribution in [0.2, 0.25) is 0 Å². The molecule has 2 aliphatic carbocycles. The van der Waals surface area contributed by atoms with Crippen LogP contribution >= 0.6 is 11.6 Å². The highest BCUT2D eigenvalue weighted by Crippen LogP contribution is 2.42. The minimum atomic E-state index is 0.278. The van der Waals surface area contributed by atoms with E-state index in [-0.39, 0.29) is 5.60 Å². The van der Waals surface area contributed by atoms with Crippen LogP contribution < -0.4 is 0 Å². The molecule has 0 aromatic heterocycles. The van der Waals surface area contributed by atoms with Crippen LogP contribution in [0.5, 0.6) is 0 Å². The van der Waals surface area contributed by atoms with E-state index in [1.54, 1.807) is 0 Å².